The normalized spacial score (nSPS) is 14.1. The zero-order valence-electron chi connectivity index (χ0n) is 54.6. The quantitative estimate of drug-likeness (QED) is 0.00456. The van der Waals surface area contributed by atoms with E-state index in [1.54, 1.807) is 80.4 Å². The highest BCUT2D eigenvalue weighted by Crippen LogP contribution is 2.46. The molecule has 0 bridgehead atoms. The Morgan fingerprint density at radius 1 is 0.796 bits per heavy atom. The third-order valence-electron chi connectivity index (χ3n) is 17.4. The first-order chi connectivity index (χ1) is 47.2. The number of H-pyrrole nitrogens is 2. The zero-order valence-corrected chi connectivity index (χ0v) is 57.0. The number of unbranched alkanes of at least 4 members (excludes halogenated alkanes) is 1. The van der Waals surface area contributed by atoms with Crippen molar-refractivity contribution in [2.75, 3.05) is 52.6 Å². The molecule has 4 atom stereocenters. The van der Waals surface area contributed by atoms with E-state index < -0.39 is 23.8 Å². The summed E-state index contributed by atoms with van der Waals surface area (Å²) in [5.74, 6) is -2.00. The van der Waals surface area contributed by atoms with Crippen LogP contribution in [0.1, 0.15) is 132 Å². The van der Waals surface area contributed by atoms with E-state index in [9.17, 15) is 48.3 Å². The van der Waals surface area contributed by atoms with Crippen LogP contribution >= 0.6 is 33.2 Å². The number of aryl methyl sites for hydroxylation is 3. The molecule has 3 aromatic heterocycles. The average Bonchev–Trinajstić information content (AvgIpc) is 1.58. The van der Waals surface area contributed by atoms with Gasteiger partial charge in [-0.2, -0.15) is 0 Å². The number of carbonyl (C=O) groups excluding carboxylic acids is 8. The average molecular weight is 1390 g/mol. The number of fused-ring (bicyclic) bond motifs is 6. The van der Waals surface area contributed by atoms with E-state index in [-0.39, 0.29) is 115 Å². The van der Waals surface area contributed by atoms with E-state index in [4.69, 9.17) is 22.7 Å². The van der Waals surface area contributed by atoms with Crippen molar-refractivity contribution >= 4 is 142 Å². The van der Waals surface area contributed by atoms with Crippen molar-refractivity contribution in [3.05, 3.63) is 164 Å². The molecule has 0 radical (unpaired) electrons. The number of aromatic nitrogens is 5. The highest BCUT2D eigenvalue weighted by atomic mass is 35.5. The molecule has 8 aromatic rings. The lowest BCUT2D eigenvalue weighted by Gasteiger charge is -2.22. The topological polar surface area (TPSA) is 357 Å². The number of nitrogens with one attached hydrogen (secondary N) is 8. The summed E-state index contributed by atoms with van der Waals surface area (Å²) in [5, 5.41) is 35.0. The van der Waals surface area contributed by atoms with E-state index in [0.717, 1.165) is 33.0 Å². The standard InChI is InChI=1S/C72H78ClN13O10S2/c1-40(29-53(87)9-4-7-13-60(88)44-17-14-43(15-18-44)16-20-52-38-78-66-65(82-52)70(95)80-42(3)79-66)68(93)85-57(12-8-25-77-72(74)75)62(90)30-41(2)67(92)76-26-28-98-97-27-24-63(91)81-50-21-19-45-31-48(32-46(45)33-50)69(94)83-51-22-23-56-47(34-51)35-58(84-56)71(96)86-39-49(37-73)64-55-11-6-5-10-54(55)61(89)36-59(64)86/h5-6,10-11,14-15,17-19,21-23,32-36,38,40-41,49,57,84,89H,4,7-9,12-13,16,20,24-31,37,39H2,1-3H3,(H,76,92)(H,81,91)(H,83,94)(H,85,93)(H4,74,75,77)(H,78,79,80,95)/t40-,41-,49?,57+/m1/s1. The molecule has 0 saturated carbocycles. The van der Waals surface area contributed by atoms with E-state index in [1.807, 2.05) is 54.6 Å². The van der Waals surface area contributed by atoms with Gasteiger partial charge in [0, 0.05) is 138 Å². The number of alkyl halides is 1. The summed E-state index contributed by atoms with van der Waals surface area (Å²) in [6, 6.07) is 28.2. The SMILES string of the molecule is Cc1nc2ncc(CCc3ccc(C(=O)CCCCC(=O)C[C@@H](C)C(=O)N[C@@H](CCCNC(=N)N)C(=O)C[C@@H](C)C(=O)NCCSSCCC(=O)Nc4ccc5c(c4)C=C(C(=O)Nc4ccc6[nH]c(C(=O)N7CC(CCl)c8c7cc(O)c7ccccc87)cc6c4)C5)cc3)nc2c(=O)[nH]1. The molecule has 98 heavy (non-hydrogen) atoms. The number of nitrogens with zero attached hydrogens (tertiary/aromatic N) is 4. The number of hydrogen-bond acceptors (Lipinski definition) is 16. The Bertz CT molecular complexity index is 4480. The van der Waals surface area contributed by atoms with Crippen LogP contribution in [-0.4, -0.2) is 126 Å². The van der Waals surface area contributed by atoms with Gasteiger partial charge in [0.1, 0.15) is 23.1 Å². The van der Waals surface area contributed by atoms with Gasteiger partial charge in [-0.05, 0) is 116 Å². The van der Waals surface area contributed by atoms with Crippen molar-refractivity contribution in [3.63, 3.8) is 0 Å². The molecular formula is C72H78ClN13O10S2. The number of ketones is 3. The fourth-order valence-corrected chi connectivity index (χ4v) is 14.3. The zero-order chi connectivity index (χ0) is 69.6. The summed E-state index contributed by atoms with van der Waals surface area (Å²) in [7, 11) is 2.97. The highest BCUT2D eigenvalue weighted by Gasteiger charge is 2.36. The van der Waals surface area contributed by atoms with Crippen LogP contribution in [0.3, 0.4) is 0 Å². The van der Waals surface area contributed by atoms with Crippen molar-refractivity contribution < 1.29 is 43.5 Å². The molecule has 0 saturated heterocycles. The lowest BCUT2D eigenvalue weighted by Crippen LogP contribution is -2.45. The summed E-state index contributed by atoms with van der Waals surface area (Å²) in [6.07, 6.45) is 6.97. The Balaban J connectivity index is 0.596. The number of carbonyl (C=O) groups is 8. The monoisotopic (exact) mass is 1380 g/mol. The second kappa shape index (κ2) is 33.0. The molecule has 0 spiro atoms. The van der Waals surface area contributed by atoms with Crippen LogP contribution in [0.5, 0.6) is 5.75 Å². The number of anilines is 3. The number of benzene rings is 5. The van der Waals surface area contributed by atoms with Crippen molar-refractivity contribution in [1.82, 2.24) is 40.9 Å². The van der Waals surface area contributed by atoms with Crippen LogP contribution in [0.15, 0.2) is 114 Å². The smallest absolute Gasteiger partial charge is 0.279 e. The van der Waals surface area contributed by atoms with Crippen LogP contribution in [0.4, 0.5) is 17.1 Å². The lowest BCUT2D eigenvalue weighted by atomic mass is 9.95. The minimum atomic E-state index is -0.947. The van der Waals surface area contributed by atoms with E-state index in [1.165, 1.54) is 21.6 Å². The number of rotatable bonds is 33. The number of amides is 5. The Labute approximate surface area is 578 Å². The minimum Gasteiger partial charge on any atom is -0.507 e. The van der Waals surface area contributed by atoms with Crippen molar-refractivity contribution in [1.29, 1.82) is 5.41 Å². The van der Waals surface area contributed by atoms with Gasteiger partial charge in [0.2, 0.25) is 17.7 Å². The fourth-order valence-electron chi connectivity index (χ4n) is 12.1. The lowest BCUT2D eigenvalue weighted by molar-refractivity contribution is -0.133. The highest BCUT2D eigenvalue weighted by molar-refractivity contribution is 8.76. The molecule has 1 aliphatic carbocycles. The number of guanidine groups is 1. The van der Waals surface area contributed by atoms with Gasteiger partial charge < -0.3 is 52.3 Å². The van der Waals surface area contributed by atoms with E-state index in [2.05, 4.69) is 51.5 Å². The molecule has 10 rings (SSSR count). The maximum Gasteiger partial charge on any atom is 0.279 e. The molecule has 1 unspecified atom stereocenters. The first-order valence-corrected chi connectivity index (χ1v) is 35.7. The Morgan fingerprint density at radius 2 is 1.54 bits per heavy atom. The predicted molar refractivity (Wildman–Crippen MR) is 385 cm³/mol. The summed E-state index contributed by atoms with van der Waals surface area (Å²) in [4.78, 5) is 140. The summed E-state index contributed by atoms with van der Waals surface area (Å²) >= 11 is 6.43. The second-order valence-electron chi connectivity index (χ2n) is 24.8. The molecular weight excluding hydrogens is 1310 g/mol. The van der Waals surface area contributed by atoms with Gasteiger partial charge in [-0.15, -0.1) is 11.6 Å². The molecule has 5 amide bonds. The number of phenols is 1. The first-order valence-electron chi connectivity index (χ1n) is 32.7. The van der Waals surface area contributed by atoms with Gasteiger partial charge in [-0.25, -0.2) is 15.0 Å². The first kappa shape index (κ1) is 71.1. The van der Waals surface area contributed by atoms with Gasteiger partial charge in [-0.3, -0.25) is 48.6 Å². The van der Waals surface area contributed by atoms with Crippen LogP contribution in [0, 0.1) is 24.2 Å². The van der Waals surface area contributed by atoms with Gasteiger partial charge in [-0.1, -0.05) is 90.0 Å². The summed E-state index contributed by atoms with van der Waals surface area (Å²) < 4.78 is 0. The Morgan fingerprint density at radius 3 is 2.33 bits per heavy atom. The van der Waals surface area contributed by atoms with Gasteiger partial charge in [0.15, 0.2) is 28.7 Å². The van der Waals surface area contributed by atoms with Crippen LogP contribution in [-0.2, 0) is 48.0 Å². The molecule has 0 fully saturated rings. The number of halogens is 1. The molecule has 2 aliphatic rings. The number of aromatic hydroxyl groups is 1. The van der Waals surface area contributed by atoms with Crippen LogP contribution in [0.2, 0.25) is 0 Å². The second-order valence-corrected chi connectivity index (χ2v) is 27.9. The predicted octanol–water partition coefficient (Wildman–Crippen LogP) is 9.92. The van der Waals surface area contributed by atoms with Crippen LogP contribution in [0.25, 0.3) is 38.9 Å². The maximum absolute atomic E-state index is 14.0. The third-order valence-corrected chi connectivity index (χ3v) is 20.1. The van der Waals surface area contributed by atoms with Gasteiger partial charge in [0.25, 0.3) is 17.4 Å². The van der Waals surface area contributed by atoms with Crippen molar-refractivity contribution in [2.45, 2.75) is 110 Å². The molecule has 510 valence electrons. The number of aromatic amines is 2. The molecule has 23 nitrogen and oxygen atoms in total. The maximum atomic E-state index is 14.0. The van der Waals surface area contributed by atoms with Crippen molar-refractivity contribution in [2.24, 2.45) is 17.6 Å². The molecule has 11 N–H and O–H groups in total. The number of hydrogen-bond donors (Lipinski definition) is 10. The molecule has 1 aliphatic heterocycles. The molecule has 5 aromatic carbocycles. The van der Waals surface area contributed by atoms with Crippen LogP contribution < -0.4 is 42.8 Å². The Kier molecular flexibility index (Phi) is 23.9. The molecule has 26 heteroatoms. The van der Waals surface area contributed by atoms with Gasteiger partial charge in [0.05, 0.1) is 23.6 Å². The van der Waals surface area contributed by atoms with Crippen molar-refractivity contribution in [3.8, 4) is 5.75 Å². The summed E-state index contributed by atoms with van der Waals surface area (Å²) in [5.41, 5.74) is 13.9. The molecule has 4 heterocycles. The Hall–Kier alpha value is -9.72. The van der Waals surface area contributed by atoms with Gasteiger partial charge >= 0.3 is 0 Å². The van der Waals surface area contributed by atoms with E-state index >= 15 is 0 Å². The number of Topliss-reactive ketones (excluding diaryl/α,β-unsaturated/α-hetero) is 3. The number of phenolic OH excluding ortho intramolecular Hbond substituents is 1. The summed E-state index contributed by atoms with van der Waals surface area (Å²) in [6.45, 7) is 5.89. The number of nitrogens with two attached hydrogens (primary N) is 1. The minimum absolute atomic E-state index is 0.0508. The van der Waals surface area contributed by atoms with E-state index in [0.29, 0.717) is 131 Å². The fraction of sp³-hybridized carbons (Fsp3) is 0.347. The third kappa shape index (κ3) is 18.3. The largest absolute Gasteiger partial charge is 0.507 e.